The number of hydrogen-bond acceptors (Lipinski definition) is 6. The SMILES string of the molecule is O=C(O)c1ccc(OCCOc2ccc(CC(Nc3ccccc3C(=O)c3ccccc3)C(=O)O)cc2)cc1. The molecule has 0 radical (unpaired) electrons. The van der Waals surface area contributed by atoms with Crippen molar-refractivity contribution < 1.29 is 34.1 Å². The topological polar surface area (TPSA) is 122 Å². The first-order valence-electron chi connectivity index (χ1n) is 12.3. The van der Waals surface area contributed by atoms with E-state index in [0.29, 0.717) is 28.3 Å². The summed E-state index contributed by atoms with van der Waals surface area (Å²) in [5.41, 5.74) is 2.35. The fourth-order valence-corrected chi connectivity index (χ4v) is 3.91. The highest BCUT2D eigenvalue weighted by molar-refractivity contribution is 6.12. The van der Waals surface area contributed by atoms with E-state index in [1.807, 2.05) is 6.07 Å². The van der Waals surface area contributed by atoms with Crippen LogP contribution in [0, 0.1) is 0 Å². The number of benzene rings is 4. The third-order valence-electron chi connectivity index (χ3n) is 5.92. The third kappa shape index (κ3) is 7.45. The highest BCUT2D eigenvalue weighted by atomic mass is 16.5. The average molecular weight is 526 g/mol. The van der Waals surface area contributed by atoms with Crippen molar-refractivity contribution in [3.05, 3.63) is 125 Å². The number of aliphatic carboxylic acids is 1. The van der Waals surface area contributed by atoms with Crippen LogP contribution in [0.15, 0.2) is 103 Å². The van der Waals surface area contributed by atoms with Gasteiger partial charge < -0.3 is 25.0 Å². The molecule has 4 aromatic rings. The molecule has 4 aromatic carbocycles. The van der Waals surface area contributed by atoms with Crippen LogP contribution >= 0.6 is 0 Å². The van der Waals surface area contributed by atoms with E-state index in [1.165, 1.54) is 12.1 Å². The van der Waals surface area contributed by atoms with Gasteiger partial charge in [0.2, 0.25) is 0 Å². The van der Waals surface area contributed by atoms with Crippen LogP contribution < -0.4 is 14.8 Å². The largest absolute Gasteiger partial charge is 0.490 e. The predicted molar refractivity (Wildman–Crippen MR) is 146 cm³/mol. The number of aromatic carboxylic acids is 1. The van der Waals surface area contributed by atoms with E-state index in [2.05, 4.69) is 5.32 Å². The Balaban J connectivity index is 1.32. The van der Waals surface area contributed by atoms with Gasteiger partial charge in [0.05, 0.1) is 5.56 Å². The normalized spacial score (nSPS) is 11.3. The molecule has 0 heterocycles. The molecule has 1 unspecified atom stereocenters. The van der Waals surface area contributed by atoms with Gasteiger partial charge in [-0.05, 0) is 54.1 Å². The van der Waals surface area contributed by atoms with Crippen molar-refractivity contribution in [2.75, 3.05) is 18.5 Å². The maximum atomic E-state index is 13.0. The Bertz CT molecular complexity index is 1420. The quantitative estimate of drug-likeness (QED) is 0.161. The van der Waals surface area contributed by atoms with Gasteiger partial charge in [0, 0.05) is 23.2 Å². The Hall–Kier alpha value is -5.11. The van der Waals surface area contributed by atoms with Gasteiger partial charge in [0.1, 0.15) is 30.8 Å². The summed E-state index contributed by atoms with van der Waals surface area (Å²) in [6.07, 6.45) is 0.193. The summed E-state index contributed by atoms with van der Waals surface area (Å²) in [7, 11) is 0. The molecule has 8 nitrogen and oxygen atoms in total. The molecule has 0 aliphatic carbocycles. The number of carboxylic acid groups (broad SMARTS) is 2. The fraction of sp³-hybridized carbons (Fsp3) is 0.129. The molecule has 0 spiro atoms. The van der Waals surface area contributed by atoms with Crippen LogP contribution in [0.2, 0.25) is 0 Å². The minimum atomic E-state index is -1.04. The number of carbonyl (C=O) groups excluding carboxylic acids is 1. The Kier molecular flexibility index (Phi) is 8.92. The number of hydrogen-bond donors (Lipinski definition) is 3. The van der Waals surface area contributed by atoms with Crippen molar-refractivity contribution >= 4 is 23.4 Å². The molecular weight excluding hydrogens is 498 g/mol. The zero-order chi connectivity index (χ0) is 27.6. The van der Waals surface area contributed by atoms with Gasteiger partial charge in [-0.1, -0.05) is 54.6 Å². The highest BCUT2D eigenvalue weighted by Gasteiger charge is 2.21. The van der Waals surface area contributed by atoms with E-state index in [-0.39, 0.29) is 31.0 Å². The van der Waals surface area contributed by atoms with E-state index < -0.39 is 18.0 Å². The first-order chi connectivity index (χ1) is 18.9. The number of anilines is 1. The van der Waals surface area contributed by atoms with Crippen LogP contribution in [0.25, 0.3) is 0 Å². The van der Waals surface area contributed by atoms with Gasteiger partial charge in [0.15, 0.2) is 5.78 Å². The first kappa shape index (κ1) is 26.9. The molecule has 8 heteroatoms. The van der Waals surface area contributed by atoms with Gasteiger partial charge in [0.25, 0.3) is 0 Å². The molecule has 4 rings (SSSR count). The second-order valence-electron chi connectivity index (χ2n) is 8.65. The average Bonchev–Trinajstić information content (AvgIpc) is 2.96. The summed E-state index contributed by atoms with van der Waals surface area (Å²) in [6, 6.07) is 28.0. The van der Waals surface area contributed by atoms with Crippen molar-refractivity contribution in [3.63, 3.8) is 0 Å². The van der Waals surface area contributed by atoms with Crippen molar-refractivity contribution in [3.8, 4) is 11.5 Å². The van der Waals surface area contributed by atoms with E-state index in [9.17, 15) is 19.5 Å². The number of nitrogens with one attached hydrogen (secondary N) is 1. The minimum Gasteiger partial charge on any atom is -0.490 e. The molecule has 0 saturated carbocycles. The molecule has 1 atom stereocenters. The van der Waals surface area contributed by atoms with Crippen LogP contribution in [-0.2, 0) is 11.2 Å². The van der Waals surface area contributed by atoms with Crippen LogP contribution in [0.1, 0.15) is 31.8 Å². The second kappa shape index (κ2) is 12.9. The third-order valence-corrected chi connectivity index (χ3v) is 5.92. The van der Waals surface area contributed by atoms with Crippen LogP contribution in [-0.4, -0.2) is 47.2 Å². The molecule has 198 valence electrons. The maximum Gasteiger partial charge on any atom is 0.335 e. The molecule has 39 heavy (non-hydrogen) atoms. The van der Waals surface area contributed by atoms with E-state index in [4.69, 9.17) is 14.6 Å². The predicted octanol–water partition coefficient (Wildman–Crippen LogP) is 5.18. The zero-order valence-electron chi connectivity index (χ0n) is 20.9. The van der Waals surface area contributed by atoms with Crippen LogP contribution in [0.3, 0.4) is 0 Å². The lowest BCUT2D eigenvalue weighted by Gasteiger charge is -2.18. The smallest absolute Gasteiger partial charge is 0.335 e. The molecule has 0 fully saturated rings. The minimum absolute atomic E-state index is 0.184. The Morgan fingerprint density at radius 3 is 1.82 bits per heavy atom. The summed E-state index contributed by atoms with van der Waals surface area (Å²) in [5.74, 6) is -1.08. The molecular formula is C31H27NO7. The molecule has 0 aromatic heterocycles. The number of para-hydroxylation sites is 1. The first-order valence-corrected chi connectivity index (χ1v) is 12.3. The Morgan fingerprint density at radius 1 is 0.667 bits per heavy atom. The summed E-state index contributed by atoms with van der Waals surface area (Å²) in [5, 5.41) is 21.8. The molecule has 0 amide bonds. The van der Waals surface area contributed by atoms with Gasteiger partial charge in [-0.25, -0.2) is 9.59 Å². The number of carboxylic acids is 2. The Morgan fingerprint density at radius 2 is 1.23 bits per heavy atom. The number of carbonyl (C=O) groups is 3. The molecule has 0 aliphatic heterocycles. The molecule has 0 aliphatic rings. The van der Waals surface area contributed by atoms with Crippen molar-refractivity contribution in [1.29, 1.82) is 0 Å². The van der Waals surface area contributed by atoms with E-state index in [0.717, 1.165) is 5.56 Å². The van der Waals surface area contributed by atoms with Gasteiger partial charge in [-0.2, -0.15) is 0 Å². The zero-order valence-corrected chi connectivity index (χ0v) is 20.9. The highest BCUT2D eigenvalue weighted by Crippen LogP contribution is 2.22. The summed E-state index contributed by atoms with van der Waals surface area (Å²) in [6.45, 7) is 0.534. The van der Waals surface area contributed by atoms with Crippen LogP contribution in [0.4, 0.5) is 5.69 Å². The van der Waals surface area contributed by atoms with E-state index in [1.54, 1.807) is 84.9 Å². The lowest BCUT2D eigenvalue weighted by molar-refractivity contribution is -0.137. The van der Waals surface area contributed by atoms with Crippen molar-refractivity contribution in [2.45, 2.75) is 12.5 Å². The molecule has 0 saturated heterocycles. The summed E-state index contributed by atoms with van der Waals surface area (Å²) >= 11 is 0. The molecule has 3 N–H and O–H groups in total. The number of rotatable bonds is 13. The summed E-state index contributed by atoms with van der Waals surface area (Å²) < 4.78 is 11.2. The lowest BCUT2D eigenvalue weighted by atomic mass is 10.00. The standard InChI is InChI=1S/C31H27NO7/c33-29(22-6-2-1-3-7-22)26-8-4-5-9-27(26)32-28(31(36)37)20-21-10-14-24(15-11-21)38-18-19-39-25-16-12-23(13-17-25)30(34)35/h1-17,28,32H,18-20H2,(H,34,35)(H,36,37). The van der Waals surface area contributed by atoms with Gasteiger partial charge >= 0.3 is 11.9 Å². The number of ketones is 1. The number of ether oxygens (including phenoxy) is 2. The van der Waals surface area contributed by atoms with Crippen LogP contribution in [0.5, 0.6) is 11.5 Å². The summed E-state index contributed by atoms with van der Waals surface area (Å²) in [4.78, 5) is 36.0. The van der Waals surface area contributed by atoms with Crippen molar-refractivity contribution in [1.82, 2.24) is 0 Å². The maximum absolute atomic E-state index is 13.0. The van der Waals surface area contributed by atoms with Gasteiger partial charge in [-0.3, -0.25) is 4.79 Å². The second-order valence-corrected chi connectivity index (χ2v) is 8.65. The van der Waals surface area contributed by atoms with E-state index >= 15 is 0 Å². The van der Waals surface area contributed by atoms with Crippen molar-refractivity contribution in [2.24, 2.45) is 0 Å². The lowest BCUT2D eigenvalue weighted by Crippen LogP contribution is -2.32. The monoisotopic (exact) mass is 525 g/mol. The fourth-order valence-electron chi connectivity index (χ4n) is 3.91. The Labute approximate surface area is 225 Å². The van der Waals surface area contributed by atoms with Gasteiger partial charge in [-0.15, -0.1) is 0 Å². The molecule has 0 bridgehead atoms.